The van der Waals surface area contributed by atoms with Gasteiger partial charge < -0.3 is 30.4 Å². The normalized spacial score (nSPS) is 9.17. The van der Waals surface area contributed by atoms with Crippen LogP contribution >= 0.6 is 12.2 Å². The summed E-state index contributed by atoms with van der Waals surface area (Å²) in [7, 11) is 0. The van der Waals surface area contributed by atoms with E-state index >= 15 is 0 Å². The van der Waals surface area contributed by atoms with Gasteiger partial charge in [-0.15, -0.1) is 0 Å². The van der Waals surface area contributed by atoms with E-state index in [0.717, 1.165) is 59.9 Å². The summed E-state index contributed by atoms with van der Waals surface area (Å²) in [6.07, 6.45) is 0. The van der Waals surface area contributed by atoms with E-state index < -0.39 is 21.8 Å². The third-order valence-electron chi connectivity index (χ3n) is 4.69. The Hall–Kier alpha value is -5.17. The average molecular weight is 624 g/mol. The van der Waals surface area contributed by atoms with Crippen LogP contribution in [0, 0.1) is 20.2 Å². The molecule has 0 heterocycles. The molecule has 0 amide bonds. The maximum absolute atomic E-state index is 10.2. The molecule has 0 aromatic heterocycles. The zero-order valence-corrected chi connectivity index (χ0v) is 22.5. The van der Waals surface area contributed by atoms with Crippen LogP contribution in [0.2, 0.25) is 0 Å². The second kappa shape index (κ2) is 17.4. The second-order valence-corrected chi connectivity index (χ2v) is 7.90. The number of nitrogens with zero attached hydrogens (tertiary/aromatic N) is 2. The Labute approximate surface area is 249 Å². The molecular weight excluding hydrogens is 604 g/mol. The zero-order chi connectivity index (χ0) is 29.5. The first-order valence-corrected chi connectivity index (χ1v) is 11.6. The van der Waals surface area contributed by atoms with Gasteiger partial charge in [-0.25, -0.2) is 0 Å². The number of nitro benzene ring substituents is 2. The predicted octanol–water partition coefficient (Wildman–Crippen LogP) is 3.41. The summed E-state index contributed by atoms with van der Waals surface area (Å²) in [5.74, 6) is -2.69. The Kier molecular flexibility index (Phi) is 14.4. The third kappa shape index (κ3) is 12.5. The van der Waals surface area contributed by atoms with Gasteiger partial charge in [-0.05, 0) is 71.9 Å². The molecule has 4 rings (SSSR count). The number of nitro groups is 2. The standard InChI is InChI=1S/C13H12N2S.2C7H5NO4.Cu/c16-13(14-11-7-3-1-4-8-11)15-12-9-5-2-6-10-12;2*9-7(10)5-1-3-6(4-2-5)8(11)12;/h1-10H,(H2,14,15,16);2*1-4H,(H,9,10);/q;;;+2/p-2. The predicted molar refractivity (Wildman–Crippen MR) is 148 cm³/mol. The summed E-state index contributed by atoms with van der Waals surface area (Å²) in [4.78, 5) is 39.5. The molecule has 0 spiro atoms. The number of hydrogen-bond acceptors (Lipinski definition) is 9. The Bertz CT molecular complexity index is 1280. The molecule has 4 aromatic rings. The van der Waals surface area contributed by atoms with E-state index in [1.54, 1.807) is 0 Å². The molecule has 0 aliphatic rings. The van der Waals surface area contributed by atoms with Crippen LogP contribution < -0.4 is 20.8 Å². The molecule has 4 aromatic carbocycles. The van der Waals surface area contributed by atoms with Gasteiger partial charge in [0, 0.05) is 35.6 Å². The SMILES string of the molecule is O=C([O-])c1ccc([N+](=O)[O-])cc1.O=C([O-])c1ccc([N+](=O)[O-])cc1.S=C(Nc1ccccc1)Nc1ccccc1.[Cu+2]. The molecule has 2 N–H and O–H groups in total. The molecule has 1 radical (unpaired) electrons. The summed E-state index contributed by atoms with van der Waals surface area (Å²) in [5.41, 5.74) is 1.55. The topological polar surface area (TPSA) is 191 Å². The first-order chi connectivity index (χ1) is 19.1. The molecule has 0 aliphatic heterocycles. The fraction of sp³-hybridized carbons (Fsp3) is 0. The number of carbonyl (C=O) groups is 2. The number of carboxylic acids is 2. The van der Waals surface area contributed by atoms with E-state index in [0.29, 0.717) is 5.11 Å². The fourth-order valence-corrected chi connectivity index (χ4v) is 3.01. The van der Waals surface area contributed by atoms with Gasteiger partial charge in [-0.1, -0.05) is 36.4 Å². The van der Waals surface area contributed by atoms with Crippen molar-refractivity contribution in [1.29, 1.82) is 0 Å². The van der Waals surface area contributed by atoms with Gasteiger partial charge in [0.1, 0.15) is 0 Å². The van der Waals surface area contributed by atoms with Crippen LogP contribution in [-0.4, -0.2) is 26.9 Å². The van der Waals surface area contributed by atoms with Crippen molar-refractivity contribution in [3.63, 3.8) is 0 Å². The smallest absolute Gasteiger partial charge is 0.545 e. The summed E-state index contributed by atoms with van der Waals surface area (Å²) >= 11 is 5.20. The molecule has 0 unspecified atom stereocenters. The van der Waals surface area contributed by atoms with Crippen molar-refractivity contribution in [1.82, 2.24) is 0 Å². The molecular formula is C27H20CuN4O8S. The Morgan fingerprint density at radius 1 is 0.561 bits per heavy atom. The number of para-hydroxylation sites is 2. The number of carbonyl (C=O) groups excluding carboxylic acids is 2. The number of benzene rings is 4. The van der Waals surface area contributed by atoms with E-state index in [-0.39, 0.29) is 39.6 Å². The van der Waals surface area contributed by atoms with E-state index in [2.05, 4.69) is 10.6 Å². The third-order valence-corrected chi connectivity index (χ3v) is 4.90. The summed E-state index contributed by atoms with van der Waals surface area (Å²) in [6.45, 7) is 0. The van der Waals surface area contributed by atoms with Crippen LogP contribution in [0.1, 0.15) is 20.7 Å². The van der Waals surface area contributed by atoms with Gasteiger partial charge in [0.2, 0.25) is 0 Å². The van der Waals surface area contributed by atoms with Crippen LogP contribution in [0.5, 0.6) is 0 Å². The molecule has 0 fully saturated rings. The van der Waals surface area contributed by atoms with Crippen molar-refractivity contribution in [3.8, 4) is 0 Å². The van der Waals surface area contributed by atoms with Gasteiger partial charge in [0.15, 0.2) is 5.11 Å². The van der Waals surface area contributed by atoms with Crippen molar-refractivity contribution in [3.05, 3.63) is 141 Å². The maximum atomic E-state index is 10.2. The number of hydrogen-bond donors (Lipinski definition) is 2. The van der Waals surface area contributed by atoms with Crippen LogP contribution in [0.4, 0.5) is 22.7 Å². The number of aromatic carboxylic acids is 2. The number of anilines is 2. The number of nitrogens with one attached hydrogen (secondary N) is 2. The molecule has 0 atom stereocenters. The summed E-state index contributed by atoms with van der Waals surface area (Å²) < 4.78 is 0. The molecule has 0 saturated heterocycles. The molecule has 0 aliphatic carbocycles. The van der Waals surface area contributed by atoms with Crippen molar-refractivity contribution in [2.45, 2.75) is 0 Å². The monoisotopic (exact) mass is 623 g/mol. The summed E-state index contributed by atoms with van der Waals surface area (Å²) in [6, 6.07) is 28.7. The first kappa shape index (κ1) is 33.9. The zero-order valence-electron chi connectivity index (χ0n) is 20.8. The van der Waals surface area contributed by atoms with Gasteiger partial charge >= 0.3 is 17.1 Å². The molecule has 0 saturated carbocycles. The van der Waals surface area contributed by atoms with Crippen LogP contribution in [0.25, 0.3) is 0 Å². The Balaban J connectivity index is 0.000000309. The van der Waals surface area contributed by atoms with Crippen molar-refractivity contribution < 1.29 is 46.7 Å². The summed E-state index contributed by atoms with van der Waals surface area (Å²) in [5, 5.41) is 47.5. The largest absolute Gasteiger partial charge is 2.00 e. The Morgan fingerprint density at radius 3 is 1.10 bits per heavy atom. The molecule has 14 heteroatoms. The van der Waals surface area contributed by atoms with Crippen LogP contribution in [-0.2, 0) is 17.1 Å². The second-order valence-electron chi connectivity index (χ2n) is 7.49. The number of carboxylic acid groups (broad SMARTS) is 2. The molecule has 213 valence electrons. The fourth-order valence-electron chi connectivity index (χ4n) is 2.77. The molecule has 12 nitrogen and oxygen atoms in total. The minimum Gasteiger partial charge on any atom is -0.545 e. The number of thiocarbonyl (C=S) groups is 1. The molecule has 41 heavy (non-hydrogen) atoms. The first-order valence-electron chi connectivity index (χ1n) is 11.2. The van der Waals surface area contributed by atoms with Gasteiger partial charge in [-0.2, -0.15) is 0 Å². The van der Waals surface area contributed by atoms with Crippen molar-refractivity contribution in [2.24, 2.45) is 0 Å². The molecule has 0 bridgehead atoms. The van der Waals surface area contributed by atoms with E-state index in [1.165, 1.54) is 0 Å². The van der Waals surface area contributed by atoms with E-state index in [9.17, 15) is 40.0 Å². The van der Waals surface area contributed by atoms with Crippen LogP contribution in [0.15, 0.2) is 109 Å². The maximum Gasteiger partial charge on any atom is 2.00 e. The minimum absolute atomic E-state index is 0. The van der Waals surface area contributed by atoms with Crippen molar-refractivity contribution in [2.75, 3.05) is 10.6 Å². The average Bonchev–Trinajstić information content (AvgIpc) is 2.95. The number of rotatable bonds is 6. The van der Waals surface area contributed by atoms with Gasteiger partial charge in [0.25, 0.3) is 11.4 Å². The Morgan fingerprint density at radius 2 is 0.854 bits per heavy atom. The van der Waals surface area contributed by atoms with Crippen molar-refractivity contribution >= 4 is 52.0 Å². The number of non-ortho nitro benzene ring substituents is 2. The van der Waals surface area contributed by atoms with Crippen LogP contribution in [0.3, 0.4) is 0 Å². The minimum atomic E-state index is -1.34. The van der Waals surface area contributed by atoms with Gasteiger partial charge in [-0.3, -0.25) is 20.2 Å². The quantitative estimate of drug-likeness (QED) is 0.138. The van der Waals surface area contributed by atoms with Gasteiger partial charge in [0.05, 0.1) is 21.8 Å². The van der Waals surface area contributed by atoms with E-state index in [1.807, 2.05) is 60.7 Å². The van der Waals surface area contributed by atoms with E-state index in [4.69, 9.17) is 12.2 Å².